The van der Waals surface area contributed by atoms with Gasteiger partial charge < -0.3 is 5.11 Å². The van der Waals surface area contributed by atoms with E-state index in [1.807, 2.05) is 0 Å². The van der Waals surface area contributed by atoms with Gasteiger partial charge in [-0.15, -0.1) is 11.3 Å². The lowest BCUT2D eigenvalue weighted by Gasteiger charge is -2.01. The van der Waals surface area contributed by atoms with Crippen molar-refractivity contribution in [2.24, 2.45) is 0 Å². The monoisotopic (exact) mass is 232 g/mol. The standard InChI is InChI=1S/C10H9NO3S/c12-3-1-7-6-10-8(2-4-15-10)5-9(7)11(13)14/h2,4-6,12H,1,3H2/i1D2,2D,3D2,4D,5D,6D,12D. The normalized spacial score (nSPS) is 21.2. The van der Waals surface area contributed by atoms with Gasteiger partial charge in [-0.05, 0) is 22.8 Å². The van der Waals surface area contributed by atoms with E-state index in [-0.39, 0.29) is 15.4 Å². The van der Waals surface area contributed by atoms with Crippen molar-refractivity contribution in [3.63, 3.8) is 0 Å². The summed E-state index contributed by atoms with van der Waals surface area (Å²) in [6.45, 7) is -3.33. The van der Waals surface area contributed by atoms with Crippen LogP contribution < -0.4 is 0 Å². The SMILES string of the molecule is [2H]OC([2H])([2H])C([2H])([2H])c1c([N+](=O)[O-])c([2H])c2c([2H])c([2H])sc2c1[2H]. The molecule has 0 bridgehead atoms. The Morgan fingerprint density at radius 3 is 3.33 bits per heavy atom. The van der Waals surface area contributed by atoms with Crippen molar-refractivity contribution >= 4 is 27.1 Å². The minimum Gasteiger partial charge on any atom is -0.396 e. The van der Waals surface area contributed by atoms with Gasteiger partial charge in [0, 0.05) is 32.0 Å². The Morgan fingerprint density at radius 2 is 2.60 bits per heavy atom. The van der Waals surface area contributed by atoms with Crippen LogP contribution in [-0.2, 0) is 6.37 Å². The fourth-order valence-electron chi connectivity index (χ4n) is 1.04. The summed E-state index contributed by atoms with van der Waals surface area (Å²) in [5, 5.41) is 14.3. The van der Waals surface area contributed by atoms with E-state index in [4.69, 9.17) is 12.4 Å². The molecule has 1 N–H and O–H groups in total. The molecule has 0 atom stereocenters. The number of nitrogens with zero attached hydrogens (tertiary/aromatic N) is 1. The van der Waals surface area contributed by atoms with Crippen molar-refractivity contribution in [2.45, 2.75) is 6.37 Å². The predicted octanol–water partition coefficient (Wildman–Crippen LogP) is 2.34. The number of fused-ring (bicyclic) bond motifs is 1. The molecule has 15 heavy (non-hydrogen) atoms. The van der Waals surface area contributed by atoms with Gasteiger partial charge in [-0.1, -0.05) is 0 Å². The molecule has 0 radical (unpaired) electrons. The molecule has 0 saturated carbocycles. The van der Waals surface area contributed by atoms with Crippen LogP contribution in [0.2, 0.25) is 0 Å². The summed E-state index contributed by atoms with van der Waals surface area (Å²) < 4.78 is 68.2. The van der Waals surface area contributed by atoms with Crippen molar-refractivity contribution in [1.29, 1.82) is 1.43 Å². The summed E-state index contributed by atoms with van der Waals surface area (Å²) in [5.41, 5.74) is -2.26. The van der Waals surface area contributed by atoms with E-state index in [1.165, 1.54) is 0 Å². The van der Waals surface area contributed by atoms with E-state index < -0.39 is 47.2 Å². The van der Waals surface area contributed by atoms with Gasteiger partial charge >= 0.3 is 0 Å². The zero-order valence-electron chi connectivity index (χ0n) is 16.1. The lowest BCUT2D eigenvalue weighted by atomic mass is 10.1. The molecule has 2 aromatic rings. The van der Waals surface area contributed by atoms with Gasteiger partial charge in [-0.25, -0.2) is 0 Å². The first-order valence-electron chi connectivity index (χ1n) is 8.11. The third-order valence-corrected chi connectivity index (χ3v) is 2.35. The van der Waals surface area contributed by atoms with Crippen LogP contribution in [0.25, 0.3) is 10.1 Å². The second kappa shape index (κ2) is 3.96. The highest BCUT2D eigenvalue weighted by molar-refractivity contribution is 7.17. The number of nitro benzene ring substituents is 1. The molecule has 5 heteroatoms. The van der Waals surface area contributed by atoms with Gasteiger partial charge in [-0.3, -0.25) is 10.1 Å². The molecule has 1 aromatic heterocycles. The van der Waals surface area contributed by atoms with E-state index in [1.54, 1.807) is 0 Å². The third-order valence-electron chi connectivity index (χ3n) is 1.63. The number of nitro groups is 1. The molecular formula is C10H9NO3S. The van der Waals surface area contributed by atoms with Gasteiger partial charge in [-0.2, -0.15) is 0 Å². The Morgan fingerprint density at radius 1 is 1.73 bits per heavy atom. The van der Waals surface area contributed by atoms with E-state index in [0.717, 1.165) is 0 Å². The maximum absolute atomic E-state index is 11.3. The first-order valence-corrected chi connectivity index (χ1v) is 4.52. The van der Waals surface area contributed by atoms with E-state index in [9.17, 15) is 10.1 Å². The molecule has 0 spiro atoms. The Kier molecular flexibility index (Phi) is 1.01. The van der Waals surface area contributed by atoms with Crippen LogP contribution in [0.1, 0.15) is 16.5 Å². The van der Waals surface area contributed by atoms with Crippen molar-refractivity contribution in [3.05, 3.63) is 39.2 Å². The molecule has 2 rings (SSSR count). The van der Waals surface area contributed by atoms with Gasteiger partial charge in [0.25, 0.3) is 5.69 Å². The van der Waals surface area contributed by atoms with Crippen LogP contribution in [-0.4, -0.2) is 18.0 Å². The zero-order valence-corrected chi connectivity index (χ0v) is 7.90. The first kappa shape index (κ1) is 3.84. The van der Waals surface area contributed by atoms with Crippen LogP contribution in [0.5, 0.6) is 0 Å². The molecule has 4 nitrogen and oxygen atoms in total. The highest BCUT2D eigenvalue weighted by Crippen LogP contribution is 2.29. The predicted molar refractivity (Wildman–Crippen MR) is 59.3 cm³/mol. The Labute approximate surface area is 103 Å². The maximum Gasteiger partial charge on any atom is 0.273 e. The molecule has 1 aromatic carbocycles. The maximum atomic E-state index is 11.3. The zero-order chi connectivity index (χ0) is 18.6. The van der Waals surface area contributed by atoms with Crippen LogP contribution in [0, 0.1) is 10.1 Å². The topological polar surface area (TPSA) is 63.4 Å². The second-order valence-corrected chi connectivity index (χ2v) is 3.31. The number of hydrogen-bond acceptors (Lipinski definition) is 4. The van der Waals surface area contributed by atoms with E-state index in [0.29, 0.717) is 11.3 Å². The van der Waals surface area contributed by atoms with Crippen LogP contribution >= 0.6 is 11.3 Å². The van der Waals surface area contributed by atoms with Crippen molar-refractivity contribution in [2.75, 3.05) is 6.56 Å². The average molecular weight is 232 g/mol. The first-order chi connectivity index (χ1) is 10.9. The van der Waals surface area contributed by atoms with E-state index >= 15 is 0 Å². The van der Waals surface area contributed by atoms with E-state index in [2.05, 4.69) is 5.11 Å². The Bertz CT molecular complexity index is 850. The molecule has 0 amide bonds. The molecule has 0 aliphatic carbocycles. The number of aliphatic hydroxyl groups is 1. The highest BCUT2D eigenvalue weighted by Gasteiger charge is 2.14. The summed E-state index contributed by atoms with van der Waals surface area (Å²) in [5.74, 6) is 0. The van der Waals surface area contributed by atoms with Crippen molar-refractivity contribution in [3.8, 4) is 0 Å². The van der Waals surface area contributed by atoms with Crippen molar-refractivity contribution < 1.29 is 21.0 Å². The molecule has 0 fully saturated rings. The molecular weight excluding hydrogens is 214 g/mol. The van der Waals surface area contributed by atoms with Gasteiger partial charge in [0.2, 0.25) is 1.43 Å². The summed E-state index contributed by atoms with van der Waals surface area (Å²) >= 11 is 0.561. The van der Waals surface area contributed by atoms with Crippen LogP contribution in [0.3, 0.4) is 0 Å². The molecule has 1 heterocycles. The molecule has 78 valence electrons. The summed E-state index contributed by atoms with van der Waals surface area (Å²) in [4.78, 5) is 10.2. The minimum absolute atomic E-state index is 0.208. The van der Waals surface area contributed by atoms with Crippen LogP contribution in [0.15, 0.2) is 23.5 Å². The Hall–Kier alpha value is -1.46. The third kappa shape index (κ3) is 1.84. The average Bonchev–Trinajstić information content (AvgIpc) is 2.78. The molecule has 0 aliphatic heterocycles. The van der Waals surface area contributed by atoms with Crippen molar-refractivity contribution in [1.82, 2.24) is 0 Å². The number of thiophene rings is 1. The quantitative estimate of drug-likeness (QED) is 0.650. The van der Waals surface area contributed by atoms with Gasteiger partial charge in [0.05, 0.1) is 13.1 Å². The number of benzene rings is 1. The number of rotatable bonds is 4. The molecule has 0 aliphatic rings. The smallest absolute Gasteiger partial charge is 0.273 e. The molecule has 0 unspecified atom stereocenters. The number of hydrogen-bond donors (Lipinski definition) is 1. The fraction of sp³-hybridized carbons (Fsp3) is 0.200. The van der Waals surface area contributed by atoms with Crippen LogP contribution in [0.4, 0.5) is 5.69 Å². The summed E-state index contributed by atoms with van der Waals surface area (Å²) in [6, 6.07) is -2.19. The Balaban J connectivity index is 3.06. The minimum atomic E-state index is -3.33. The summed E-state index contributed by atoms with van der Waals surface area (Å²) in [6.07, 6.45) is -3.30. The largest absolute Gasteiger partial charge is 0.396 e. The van der Waals surface area contributed by atoms with Gasteiger partial charge in [0.15, 0.2) is 0 Å². The lowest BCUT2D eigenvalue weighted by Crippen LogP contribution is -1.97. The van der Waals surface area contributed by atoms with Gasteiger partial charge in [0.1, 0.15) is 0 Å². The second-order valence-electron chi connectivity index (χ2n) is 2.49. The summed E-state index contributed by atoms with van der Waals surface area (Å²) in [7, 11) is 0. The molecule has 0 saturated heterocycles. The highest BCUT2D eigenvalue weighted by atomic mass is 32.1. The fourth-order valence-corrected chi connectivity index (χ4v) is 1.66. The lowest BCUT2D eigenvalue weighted by molar-refractivity contribution is -0.385.